The lowest BCUT2D eigenvalue weighted by Crippen LogP contribution is -2.32. The predicted molar refractivity (Wildman–Crippen MR) is 34.2 cm³/mol. The van der Waals surface area contributed by atoms with Crippen LogP contribution in [0.3, 0.4) is 0 Å². The summed E-state index contributed by atoms with van der Waals surface area (Å²) in [6.07, 6.45) is 0.733. The van der Waals surface area contributed by atoms with E-state index in [9.17, 15) is 4.79 Å². The van der Waals surface area contributed by atoms with Crippen LogP contribution >= 0.6 is 0 Å². The van der Waals surface area contributed by atoms with E-state index in [4.69, 9.17) is 4.74 Å². The van der Waals surface area contributed by atoms with Crippen LogP contribution in [0.15, 0.2) is 0 Å². The number of ketones is 1. The Kier molecular flexibility index (Phi) is 1.86. The van der Waals surface area contributed by atoms with Gasteiger partial charge in [-0.1, -0.05) is 6.92 Å². The van der Waals surface area contributed by atoms with E-state index in [1.54, 1.807) is 0 Å². The molecule has 1 aliphatic rings. The van der Waals surface area contributed by atoms with Gasteiger partial charge in [-0.25, -0.2) is 0 Å². The third-order valence-electron chi connectivity index (χ3n) is 1.81. The van der Waals surface area contributed by atoms with E-state index >= 15 is 0 Å². The zero-order valence-electron chi connectivity index (χ0n) is 5.89. The van der Waals surface area contributed by atoms with Gasteiger partial charge in [-0.05, 0) is 13.3 Å². The summed E-state index contributed by atoms with van der Waals surface area (Å²) in [5, 5.41) is 0. The Hall–Kier alpha value is -0.370. The van der Waals surface area contributed by atoms with Crippen molar-refractivity contribution in [2.75, 3.05) is 6.61 Å². The molecule has 2 nitrogen and oxygen atoms in total. The van der Waals surface area contributed by atoms with Crippen LogP contribution in [0.4, 0.5) is 0 Å². The molecule has 1 rings (SSSR count). The molecule has 0 aromatic heterocycles. The molecule has 0 aliphatic carbocycles. The highest BCUT2D eigenvalue weighted by Gasteiger charge is 2.24. The van der Waals surface area contributed by atoms with Crippen molar-refractivity contribution >= 4 is 5.78 Å². The van der Waals surface area contributed by atoms with E-state index in [1.807, 2.05) is 13.8 Å². The first-order valence-electron chi connectivity index (χ1n) is 3.37. The molecule has 0 saturated carbocycles. The lowest BCUT2D eigenvalue weighted by atomic mass is 9.97. The van der Waals surface area contributed by atoms with E-state index < -0.39 is 0 Å². The van der Waals surface area contributed by atoms with Crippen molar-refractivity contribution in [3.8, 4) is 0 Å². The van der Waals surface area contributed by atoms with Crippen molar-refractivity contribution in [1.82, 2.24) is 0 Å². The van der Waals surface area contributed by atoms with Crippen LogP contribution in [0, 0.1) is 5.92 Å². The third kappa shape index (κ3) is 1.30. The molecule has 0 spiro atoms. The molecule has 0 amide bonds. The third-order valence-corrected chi connectivity index (χ3v) is 1.81. The van der Waals surface area contributed by atoms with Crippen LogP contribution in [-0.2, 0) is 9.53 Å². The van der Waals surface area contributed by atoms with Gasteiger partial charge in [-0.15, -0.1) is 0 Å². The molecule has 2 heteroatoms. The minimum atomic E-state index is -0.159. The molecule has 0 bridgehead atoms. The van der Waals surface area contributed by atoms with Crippen molar-refractivity contribution < 1.29 is 9.53 Å². The topological polar surface area (TPSA) is 26.3 Å². The van der Waals surface area contributed by atoms with Gasteiger partial charge in [0.2, 0.25) is 0 Å². The maximum Gasteiger partial charge on any atom is 0.164 e. The largest absolute Gasteiger partial charge is 0.371 e. The Morgan fingerprint density at radius 2 is 2.22 bits per heavy atom. The lowest BCUT2D eigenvalue weighted by Gasteiger charge is -2.22. The molecule has 0 aromatic carbocycles. The lowest BCUT2D eigenvalue weighted by molar-refractivity contribution is -0.139. The van der Waals surface area contributed by atoms with E-state index in [0.717, 1.165) is 13.0 Å². The minimum Gasteiger partial charge on any atom is -0.371 e. The Labute approximate surface area is 55.2 Å². The standard InChI is InChI=1S/C7H12O2/c1-5-3-4-9-6(2)7(5)8/h5-6H,3-4H2,1-2H3. The van der Waals surface area contributed by atoms with Gasteiger partial charge in [0, 0.05) is 12.5 Å². The van der Waals surface area contributed by atoms with Crippen molar-refractivity contribution in [3.63, 3.8) is 0 Å². The van der Waals surface area contributed by atoms with Crippen LogP contribution in [0.1, 0.15) is 20.3 Å². The van der Waals surface area contributed by atoms with Gasteiger partial charge >= 0.3 is 0 Å². The second-order valence-electron chi connectivity index (χ2n) is 2.61. The van der Waals surface area contributed by atoms with Crippen molar-refractivity contribution in [2.24, 2.45) is 5.92 Å². The van der Waals surface area contributed by atoms with Gasteiger partial charge in [-0.3, -0.25) is 4.79 Å². The average molecular weight is 128 g/mol. The molecular weight excluding hydrogens is 116 g/mol. The Morgan fingerprint density at radius 3 is 2.67 bits per heavy atom. The maximum absolute atomic E-state index is 11.0. The number of carbonyl (C=O) groups excluding carboxylic acids is 1. The fourth-order valence-corrected chi connectivity index (χ4v) is 1.05. The highest BCUT2D eigenvalue weighted by Crippen LogP contribution is 2.14. The number of rotatable bonds is 0. The highest BCUT2D eigenvalue weighted by molar-refractivity contribution is 5.85. The number of hydrogen-bond donors (Lipinski definition) is 0. The molecular formula is C7H12O2. The fourth-order valence-electron chi connectivity index (χ4n) is 1.05. The zero-order chi connectivity index (χ0) is 6.85. The van der Waals surface area contributed by atoms with Gasteiger partial charge in [0.1, 0.15) is 6.10 Å². The molecule has 52 valence electrons. The minimum absolute atomic E-state index is 0.159. The van der Waals surface area contributed by atoms with Crippen LogP contribution in [0.2, 0.25) is 0 Å². The van der Waals surface area contributed by atoms with Crippen molar-refractivity contribution in [2.45, 2.75) is 26.4 Å². The quantitative estimate of drug-likeness (QED) is 0.486. The van der Waals surface area contributed by atoms with Gasteiger partial charge in [0.15, 0.2) is 5.78 Å². The summed E-state index contributed by atoms with van der Waals surface area (Å²) in [4.78, 5) is 11.0. The first-order valence-corrected chi connectivity index (χ1v) is 3.37. The second kappa shape index (κ2) is 2.48. The molecule has 1 heterocycles. The fraction of sp³-hybridized carbons (Fsp3) is 0.857. The first kappa shape index (κ1) is 6.75. The van der Waals surface area contributed by atoms with Crippen molar-refractivity contribution in [1.29, 1.82) is 0 Å². The zero-order valence-corrected chi connectivity index (χ0v) is 5.89. The van der Waals surface area contributed by atoms with Gasteiger partial charge in [0.25, 0.3) is 0 Å². The SMILES string of the molecule is CC1CCOC(C)C1=O. The van der Waals surface area contributed by atoms with Crippen LogP contribution in [0.5, 0.6) is 0 Å². The number of hydrogen-bond acceptors (Lipinski definition) is 2. The van der Waals surface area contributed by atoms with E-state index in [1.165, 1.54) is 0 Å². The van der Waals surface area contributed by atoms with Gasteiger partial charge in [0.05, 0.1) is 0 Å². The summed E-state index contributed by atoms with van der Waals surface area (Å²) in [6, 6.07) is 0. The molecule has 1 aliphatic heterocycles. The molecule has 0 radical (unpaired) electrons. The first-order chi connectivity index (χ1) is 4.22. The number of ether oxygens (including phenoxy) is 1. The molecule has 1 fully saturated rings. The van der Waals surface area contributed by atoms with Gasteiger partial charge < -0.3 is 4.74 Å². The number of Topliss-reactive ketones (excluding diaryl/α,β-unsaturated/α-hetero) is 1. The molecule has 0 N–H and O–H groups in total. The van der Waals surface area contributed by atoms with Crippen LogP contribution < -0.4 is 0 Å². The molecule has 9 heavy (non-hydrogen) atoms. The van der Waals surface area contributed by atoms with E-state index in [-0.39, 0.29) is 17.8 Å². The Morgan fingerprint density at radius 1 is 1.56 bits per heavy atom. The second-order valence-corrected chi connectivity index (χ2v) is 2.61. The smallest absolute Gasteiger partial charge is 0.164 e. The normalized spacial score (nSPS) is 36.9. The van der Waals surface area contributed by atoms with Crippen LogP contribution in [-0.4, -0.2) is 18.5 Å². The molecule has 2 atom stereocenters. The van der Waals surface area contributed by atoms with E-state index in [0.29, 0.717) is 0 Å². The summed E-state index contributed by atoms with van der Waals surface area (Å²) in [5.74, 6) is 0.468. The van der Waals surface area contributed by atoms with Crippen LogP contribution in [0.25, 0.3) is 0 Å². The van der Waals surface area contributed by atoms with E-state index in [2.05, 4.69) is 0 Å². The molecule has 2 unspecified atom stereocenters. The average Bonchev–Trinajstić information content (AvgIpc) is 1.83. The Bertz CT molecular complexity index is 108. The monoisotopic (exact) mass is 128 g/mol. The Balaban J connectivity index is 2.52. The summed E-state index contributed by atoms with van der Waals surface area (Å²) in [6.45, 7) is 4.52. The number of carbonyl (C=O) groups is 1. The predicted octanol–water partition coefficient (Wildman–Crippen LogP) is 1.00. The summed E-state index contributed by atoms with van der Waals surface area (Å²) >= 11 is 0. The summed E-state index contributed by atoms with van der Waals surface area (Å²) in [7, 11) is 0. The summed E-state index contributed by atoms with van der Waals surface area (Å²) < 4.78 is 5.11. The van der Waals surface area contributed by atoms with Gasteiger partial charge in [-0.2, -0.15) is 0 Å². The maximum atomic E-state index is 11.0. The molecule has 0 aromatic rings. The molecule has 1 saturated heterocycles. The summed E-state index contributed by atoms with van der Waals surface area (Å²) in [5.41, 5.74) is 0. The van der Waals surface area contributed by atoms with Crippen molar-refractivity contribution in [3.05, 3.63) is 0 Å². The highest BCUT2D eigenvalue weighted by atomic mass is 16.5.